The van der Waals surface area contributed by atoms with Crippen molar-refractivity contribution in [3.63, 3.8) is 0 Å². The zero-order valence-electron chi connectivity index (χ0n) is 19.9. The highest BCUT2D eigenvalue weighted by Crippen LogP contribution is 2.48. The number of rotatable bonds is 4. The van der Waals surface area contributed by atoms with E-state index in [9.17, 15) is 4.79 Å². The van der Waals surface area contributed by atoms with Crippen LogP contribution < -0.4 is 14.8 Å². The highest BCUT2D eigenvalue weighted by molar-refractivity contribution is 5.75. The fraction of sp³-hybridized carbons (Fsp3) is 0.519. The molecule has 2 aromatic carbocycles. The number of fused-ring (bicyclic) bond motifs is 4. The van der Waals surface area contributed by atoms with E-state index in [-0.39, 0.29) is 24.2 Å². The molecule has 2 amide bonds. The summed E-state index contributed by atoms with van der Waals surface area (Å²) in [6.45, 7) is 4.95. The number of amides is 2. The SMILES string of the molecule is COc1ccc(OC)c2c1CCN1C[C@H]3CCCN(C(=O)N[C@H](C)c4ccccc4)[C@H]3C[C@H]21. The van der Waals surface area contributed by atoms with Crippen molar-refractivity contribution in [1.82, 2.24) is 15.1 Å². The number of likely N-dealkylation sites (tertiary alicyclic amines) is 1. The van der Waals surface area contributed by atoms with Crippen molar-refractivity contribution in [2.45, 2.75) is 50.7 Å². The molecule has 33 heavy (non-hydrogen) atoms. The van der Waals surface area contributed by atoms with E-state index >= 15 is 0 Å². The molecular formula is C27H35N3O3. The predicted octanol–water partition coefficient (Wildman–Crippen LogP) is 4.56. The predicted molar refractivity (Wildman–Crippen MR) is 129 cm³/mol. The maximum atomic E-state index is 13.4. The van der Waals surface area contributed by atoms with Crippen molar-refractivity contribution in [1.29, 1.82) is 0 Å². The van der Waals surface area contributed by atoms with Crippen molar-refractivity contribution < 1.29 is 14.3 Å². The zero-order valence-corrected chi connectivity index (χ0v) is 19.9. The molecule has 0 aliphatic carbocycles. The molecule has 0 aromatic heterocycles. The van der Waals surface area contributed by atoms with Crippen LogP contribution in [0.1, 0.15) is 55.0 Å². The molecule has 0 bridgehead atoms. The molecule has 3 aliphatic heterocycles. The van der Waals surface area contributed by atoms with Gasteiger partial charge in [-0.3, -0.25) is 4.90 Å². The Balaban J connectivity index is 1.40. The summed E-state index contributed by atoms with van der Waals surface area (Å²) in [6.07, 6.45) is 4.17. The molecular weight excluding hydrogens is 414 g/mol. The zero-order chi connectivity index (χ0) is 22.9. The molecule has 2 aromatic rings. The highest BCUT2D eigenvalue weighted by atomic mass is 16.5. The number of piperidine rings is 2. The first-order valence-electron chi connectivity index (χ1n) is 12.2. The van der Waals surface area contributed by atoms with Gasteiger partial charge in [0, 0.05) is 42.8 Å². The van der Waals surface area contributed by atoms with Gasteiger partial charge in [0.1, 0.15) is 11.5 Å². The Kier molecular flexibility index (Phi) is 6.19. The molecule has 6 nitrogen and oxygen atoms in total. The van der Waals surface area contributed by atoms with E-state index in [2.05, 4.69) is 34.2 Å². The second-order valence-corrected chi connectivity index (χ2v) is 9.60. The molecule has 5 rings (SSSR count). The summed E-state index contributed by atoms with van der Waals surface area (Å²) >= 11 is 0. The first-order chi connectivity index (χ1) is 16.1. The quantitative estimate of drug-likeness (QED) is 0.744. The lowest BCUT2D eigenvalue weighted by Crippen LogP contribution is -2.59. The molecule has 0 unspecified atom stereocenters. The molecule has 1 N–H and O–H groups in total. The lowest BCUT2D eigenvalue weighted by atomic mass is 9.76. The monoisotopic (exact) mass is 449 g/mol. The van der Waals surface area contributed by atoms with Gasteiger partial charge in [-0.1, -0.05) is 30.3 Å². The third kappa shape index (κ3) is 4.05. The third-order valence-electron chi connectivity index (χ3n) is 7.89. The van der Waals surface area contributed by atoms with Gasteiger partial charge < -0.3 is 19.7 Å². The average Bonchev–Trinajstić information content (AvgIpc) is 2.86. The molecule has 176 valence electrons. The summed E-state index contributed by atoms with van der Waals surface area (Å²) in [5.74, 6) is 2.40. The Hall–Kier alpha value is -2.73. The van der Waals surface area contributed by atoms with Crippen LogP contribution in [-0.4, -0.2) is 55.7 Å². The fourth-order valence-electron chi connectivity index (χ4n) is 6.24. The lowest BCUT2D eigenvalue weighted by Gasteiger charge is -2.52. The Morgan fingerprint density at radius 1 is 1.06 bits per heavy atom. The van der Waals surface area contributed by atoms with Gasteiger partial charge in [-0.2, -0.15) is 0 Å². The fourth-order valence-corrected chi connectivity index (χ4v) is 6.24. The van der Waals surface area contributed by atoms with Crippen LogP contribution >= 0.6 is 0 Å². The minimum atomic E-state index is -0.0149. The standard InChI is InChI=1S/C27H35N3O3/c1-18(19-8-5-4-6-9-19)28-27(31)30-14-7-10-20-17-29-15-13-21-24(32-2)11-12-25(33-3)26(21)23(29)16-22(20)30/h4-6,8-9,11-12,18,20,22-23H,7,10,13-17H2,1-3H3,(H,28,31)/t18-,20-,22+,23-/m1/s1. The second kappa shape index (κ2) is 9.26. The van der Waals surface area contributed by atoms with Gasteiger partial charge >= 0.3 is 6.03 Å². The summed E-state index contributed by atoms with van der Waals surface area (Å²) in [4.78, 5) is 18.1. The number of hydrogen-bond acceptors (Lipinski definition) is 4. The van der Waals surface area contributed by atoms with Crippen LogP contribution in [0.25, 0.3) is 0 Å². The number of methoxy groups -OCH3 is 2. The van der Waals surface area contributed by atoms with Crippen molar-refractivity contribution in [2.24, 2.45) is 5.92 Å². The number of nitrogens with one attached hydrogen (secondary N) is 1. The molecule has 0 saturated carbocycles. The topological polar surface area (TPSA) is 54.0 Å². The Morgan fingerprint density at radius 3 is 2.58 bits per heavy atom. The average molecular weight is 450 g/mol. The van der Waals surface area contributed by atoms with Gasteiger partial charge in [-0.25, -0.2) is 4.79 Å². The van der Waals surface area contributed by atoms with Gasteiger partial charge in [-0.05, 0) is 56.2 Å². The number of hydrogen-bond donors (Lipinski definition) is 1. The number of ether oxygens (including phenoxy) is 2. The van der Waals surface area contributed by atoms with E-state index in [0.29, 0.717) is 5.92 Å². The van der Waals surface area contributed by atoms with Gasteiger partial charge in [-0.15, -0.1) is 0 Å². The molecule has 3 aliphatic rings. The van der Waals surface area contributed by atoms with Crippen molar-refractivity contribution >= 4 is 6.03 Å². The van der Waals surface area contributed by atoms with E-state index in [1.807, 2.05) is 30.3 Å². The van der Waals surface area contributed by atoms with Crippen LogP contribution in [0.15, 0.2) is 42.5 Å². The van der Waals surface area contributed by atoms with Gasteiger partial charge in [0.05, 0.1) is 20.3 Å². The Bertz CT molecular complexity index is 996. The minimum Gasteiger partial charge on any atom is -0.496 e. The molecule has 6 heteroatoms. The summed E-state index contributed by atoms with van der Waals surface area (Å²) < 4.78 is 11.5. The molecule has 3 heterocycles. The molecule has 0 spiro atoms. The number of urea groups is 1. The van der Waals surface area contributed by atoms with Crippen LogP contribution in [0.4, 0.5) is 4.79 Å². The number of carbonyl (C=O) groups is 1. The van der Waals surface area contributed by atoms with Crippen LogP contribution in [-0.2, 0) is 6.42 Å². The number of benzene rings is 2. The van der Waals surface area contributed by atoms with E-state index in [0.717, 1.165) is 56.0 Å². The Labute approximate surface area is 196 Å². The maximum Gasteiger partial charge on any atom is 0.318 e. The van der Waals surface area contributed by atoms with Crippen molar-refractivity contribution in [2.75, 3.05) is 33.9 Å². The number of nitrogens with zero attached hydrogens (tertiary/aromatic N) is 2. The molecule has 2 fully saturated rings. The molecule has 4 atom stereocenters. The summed E-state index contributed by atoms with van der Waals surface area (Å²) in [5, 5.41) is 3.26. The second-order valence-electron chi connectivity index (χ2n) is 9.60. The number of carbonyl (C=O) groups excluding carboxylic acids is 1. The minimum absolute atomic E-state index is 0.0149. The Morgan fingerprint density at radius 2 is 1.82 bits per heavy atom. The van der Waals surface area contributed by atoms with Crippen molar-refractivity contribution in [3.8, 4) is 11.5 Å². The normalized spacial score (nSPS) is 25.3. The highest BCUT2D eigenvalue weighted by Gasteiger charge is 2.45. The first kappa shape index (κ1) is 22.1. The van der Waals surface area contributed by atoms with E-state index < -0.39 is 0 Å². The summed E-state index contributed by atoms with van der Waals surface area (Å²) in [6, 6.07) is 14.8. The summed E-state index contributed by atoms with van der Waals surface area (Å²) in [5.41, 5.74) is 3.65. The van der Waals surface area contributed by atoms with Crippen LogP contribution in [0.3, 0.4) is 0 Å². The van der Waals surface area contributed by atoms with Crippen LogP contribution in [0.5, 0.6) is 11.5 Å². The summed E-state index contributed by atoms with van der Waals surface area (Å²) in [7, 11) is 3.49. The van der Waals surface area contributed by atoms with Crippen LogP contribution in [0.2, 0.25) is 0 Å². The maximum absolute atomic E-state index is 13.4. The first-order valence-corrected chi connectivity index (χ1v) is 12.2. The molecule has 0 radical (unpaired) electrons. The van der Waals surface area contributed by atoms with Gasteiger partial charge in [0.2, 0.25) is 0 Å². The van der Waals surface area contributed by atoms with E-state index in [1.165, 1.54) is 17.5 Å². The lowest BCUT2D eigenvalue weighted by molar-refractivity contribution is 0.00433. The van der Waals surface area contributed by atoms with E-state index in [1.54, 1.807) is 14.2 Å². The third-order valence-corrected chi connectivity index (χ3v) is 7.89. The van der Waals surface area contributed by atoms with Gasteiger partial charge in [0.15, 0.2) is 0 Å². The van der Waals surface area contributed by atoms with E-state index in [4.69, 9.17) is 9.47 Å². The van der Waals surface area contributed by atoms with Crippen LogP contribution in [0, 0.1) is 5.92 Å². The van der Waals surface area contributed by atoms with Crippen molar-refractivity contribution in [3.05, 3.63) is 59.2 Å². The largest absolute Gasteiger partial charge is 0.496 e. The van der Waals surface area contributed by atoms with Gasteiger partial charge in [0.25, 0.3) is 0 Å². The smallest absolute Gasteiger partial charge is 0.318 e. The molecule has 2 saturated heterocycles.